The third-order valence-electron chi connectivity index (χ3n) is 3.71. The van der Waals surface area contributed by atoms with Crippen molar-refractivity contribution >= 4 is 11.4 Å². The summed E-state index contributed by atoms with van der Waals surface area (Å²) in [5.74, 6) is -0.568. The minimum atomic E-state index is -4.71. The summed E-state index contributed by atoms with van der Waals surface area (Å²) < 4.78 is 46.1. The van der Waals surface area contributed by atoms with Crippen molar-refractivity contribution in [3.05, 3.63) is 83.7 Å². The molecule has 0 unspecified atom stereocenters. The highest BCUT2D eigenvalue weighted by molar-refractivity contribution is 5.99. The fraction of sp³-hybridized carbons (Fsp3) is 0.200. The average Bonchev–Trinajstić information content (AvgIpc) is 2.62. The normalized spacial score (nSPS) is 13.0. The van der Waals surface area contributed by atoms with E-state index >= 15 is 0 Å². The number of halogens is 3. The number of nitrogens with one attached hydrogen (secondary N) is 1. The van der Waals surface area contributed by atoms with Crippen LogP contribution in [0.5, 0.6) is 0 Å². The maximum atomic E-state index is 13.7. The van der Waals surface area contributed by atoms with Crippen molar-refractivity contribution in [3.63, 3.8) is 0 Å². The number of nitrogens with zero attached hydrogens (tertiary/aromatic N) is 2. The number of methoxy groups -OCH3 is 1. The van der Waals surface area contributed by atoms with Gasteiger partial charge in [0.25, 0.3) is 0 Å². The molecule has 2 aromatic rings. The van der Waals surface area contributed by atoms with Crippen molar-refractivity contribution in [2.75, 3.05) is 12.4 Å². The van der Waals surface area contributed by atoms with E-state index in [1.54, 1.807) is 43.3 Å². The van der Waals surface area contributed by atoms with Gasteiger partial charge in [-0.1, -0.05) is 24.3 Å². The quantitative estimate of drug-likeness (QED) is 0.426. The minimum absolute atomic E-state index is 0.352. The van der Waals surface area contributed by atoms with Gasteiger partial charge in [0, 0.05) is 29.5 Å². The summed E-state index contributed by atoms with van der Waals surface area (Å²) in [5, 5.41) is 2.67. The van der Waals surface area contributed by atoms with E-state index < -0.39 is 17.6 Å². The molecule has 0 aliphatic carbocycles. The first-order valence-electron chi connectivity index (χ1n) is 8.06. The van der Waals surface area contributed by atoms with Gasteiger partial charge in [-0.2, -0.15) is 13.2 Å². The zero-order valence-electron chi connectivity index (χ0n) is 15.3. The molecule has 1 N–H and O–H groups in total. The van der Waals surface area contributed by atoms with Crippen molar-refractivity contribution in [2.45, 2.75) is 20.0 Å². The first-order valence-corrected chi connectivity index (χ1v) is 8.06. The number of anilines is 1. The van der Waals surface area contributed by atoms with E-state index in [0.717, 1.165) is 12.7 Å². The summed E-state index contributed by atoms with van der Waals surface area (Å²) in [4.78, 5) is 7.91. The Balaban J connectivity index is 2.44. The van der Waals surface area contributed by atoms with Crippen LogP contribution in [-0.4, -0.2) is 24.0 Å². The third kappa shape index (κ3) is 5.44. The molecule has 142 valence electrons. The van der Waals surface area contributed by atoms with Gasteiger partial charge in [-0.3, -0.25) is 4.98 Å². The Hall–Kier alpha value is -3.09. The number of hydrogen-bond acceptors (Lipinski definition) is 4. The summed E-state index contributed by atoms with van der Waals surface area (Å²) in [6.45, 7) is 7.02. The van der Waals surface area contributed by atoms with E-state index in [0.29, 0.717) is 17.0 Å². The van der Waals surface area contributed by atoms with Gasteiger partial charge in [0.15, 0.2) is 0 Å². The summed E-state index contributed by atoms with van der Waals surface area (Å²) >= 11 is 0. The van der Waals surface area contributed by atoms with E-state index in [1.807, 2.05) is 6.92 Å². The van der Waals surface area contributed by atoms with Crippen molar-refractivity contribution in [1.82, 2.24) is 4.98 Å². The molecule has 2 rings (SSSR count). The third-order valence-corrected chi connectivity index (χ3v) is 3.71. The maximum Gasteiger partial charge on any atom is 0.423 e. The van der Waals surface area contributed by atoms with Gasteiger partial charge in [-0.25, -0.2) is 4.99 Å². The Bertz CT molecular complexity index is 854. The van der Waals surface area contributed by atoms with Crippen LogP contribution in [0.1, 0.15) is 18.1 Å². The average molecular weight is 375 g/mol. The largest absolute Gasteiger partial charge is 0.480 e. The molecule has 0 saturated heterocycles. The Morgan fingerprint density at radius 2 is 1.70 bits per heavy atom. The topological polar surface area (TPSA) is 46.5 Å². The van der Waals surface area contributed by atoms with Crippen LogP contribution < -0.4 is 5.32 Å². The van der Waals surface area contributed by atoms with Gasteiger partial charge in [-0.15, -0.1) is 0 Å². The van der Waals surface area contributed by atoms with Crippen LogP contribution in [0.3, 0.4) is 0 Å². The van der Waals surface area contributed by atoms with E-state index in [4.69, 9.17) is 4.74 Å². The molecule has 1 aromatic heterocycles. The summed E-state index contributed by atoms with van der Waals surface area (Å²) in [5.41, 5.74) is 1.05. The van der Waals surface area contributed by atoms with Gasteiger partial charge < -0.3 is 10.1 Å². The lowest BCUT2D eigenvalue weighted by Crippen LogP contribution is -2.20. The number of aromatic nitrogens is 1. The van der Waals surface area contributed by atoms with Crippen LogP contribution in [0.15, 0.2) is 77.5 Å². The fourth-order valence-electron chi connectivity index (χ4n) is 2.31. The van der Waals surface area contributed by atoms with E-state index in [2.05, 4.69) is 21.9 Å². The molecule has 0 amide bonds. The van der Waals surface area contributed by atoms with Gasteiger partial charge in [0.2, 0.25) is 5.88 Å². The van der Waals surface area contributed by atoms with E-state index in [1.165, 1.54) is 12.4 Å². The molecule has 7 heteroatoms. The second kappa shape index (κ2) is 8.53. The van der Waals surface area contributed by atoms with Crippen LogP contribution >= 0.6 is 0 Å². The number of alkyl halides is 3. The molecule has 27 heavy (non-hydrogen) atoms. The zero-order valence-corrected chi connectivity index (χ0v) is 15.3. The molecule has 0 aliphatic rings. The van der Waals surface area contributed by atoms with Crippen LogP contribution in [0.25, 0.3) is 0 Å². The number of allylic oxidation sites excluding steroid dienone is 1. The standard InChI is InChI=1S/C20H20F3N3O/c1-13-5-7-17(8-6-13)25-15(3)18(20(21,22)23)19(27-4)26-14(2)16-9-11-24-12-10-16/h5-12,25H,3H2,1-2,4H3/b19-18-,26-14?. The fourth-order valence-corrected chi connectivity index (χ4v) is 2.31. The predicted molar refractivity (Wildman–Crippen MR) is 100 cm³/mol. The van der Waals surface area contributed by atoms with Crippen LogP contribution in [0.4, 0.5) is 18.9 Å². The second-order valence-electron chi connectivity index (χ2n) is 5.78. The van der Waals surface area contributed by atoms with Gasteiger partial charge >= 0.3 is 6.18 Å². The minimum Gasteiger partial charge on any atom is -0.480 e. The molecular weight excluding hydrogens is 355 g/mol. The van der Waals surface area contributed by atoms with Crippen LogP contribution in [0.2, 0.25) is 0 Å². The molecule has 0 fully saturated rings. The van der Waals surface area contributed by atoms with Gasteiger partial charge in [0.05, 0.1) is 7.11 Å². The van der Waals surface area contributed by atoms with Gasteiger partial charge in [0.1, 0.15) is 5.57 Å². The predicted octanol–water partition coefficient (Wildman–Crippen LogP) is 5.25. The first kappa shape index (κ1) is 20.2. The first-order chi connectivity index (χ1) is 12.7. The number of hydrogen-bond donors (Lipinski definition) is 1. The van der Waals surface area contributed by atoms with Crippen molar-refractivity contribution in [3.8, 4) is 0 Å². The lowest BCUT2D eigenvalue weighted by molar-refractivity contribution is -0.0923. The molecule has 0 radical (unpaired) electrons. The number of ether oxygens (including phenoxy) is 1. The highest BCUT2D eigenvalue weighted by Gasteiger charge is 2.40. The lowest BCUT2D eigenvalue weighted by atomic mass is 10.1. The maximum absolute atomic E-state index is 13.7. The van der Waals surface area contributed by atoms with E-state index in [-0.39, 0.29) is 5.70 Å². The number of pyridine rings is 1. The SMILES string of the molecule is C=C(Nc1ccc(C)cc1)/C(=C(\N=C(C)c1ccncc1)OC)C(F)(F)F. The summed E-state index contributed by atoms with van der Waals surface area (Å²) in [6.07, 6.45) is -1.64. The molecule has 1 heterocycles. The molecule has 0 spiro atoms. The highest BCUT2D eigenvalue weighted by atomic mass is 19.4. The molecule has 0 saturated carbocycles. The molecule has 0 aliphatic heterocycles. The van der Waals surface area contributed by atoms with Crippen LogP contribution in [-0.2, 0) is 4.74 Å². The molecule has 0 bridgehead atoms. The molecule has 0 atom stereocenters. The Morgan fingerprint density at radius 3 is 2.22 bits per heavy atom. The molecule has 4 nitrogen and oxygen atoms in total. The van der Waals surface area contributed by atoms with Crippen molar-refractivity contribution < 1.29 is 17.9 Å². The van der Waals surface area contributed by atoms with Gasteiger partial charge in [-0.05, 0) is 43.7 Å². The lowest BCUT2D eigenvalue weighted by Gasteiger charge is -2.18. The Morgan fingerprint density at radius 1 is 1.11 bits per heavy atom. The Labute approximate surface area is 156 Å². The number of aryl methyl sites for hydroxylation is 1. The molecular formula is C20H20F3N3O. The van der Waals surface area contributed by atoms with Crippen molar-refractivity contribution in [1.29, 1.82) is 0 Å². The smallest absolute Gasteiger partial charge is 0.423 e. The van der Waals surface area contributed by atoms with Crippen LogP contribution in [0, 0.1) is 6.92 Å². The highest BCUT2D eigenvalue weighted by Crippen LogP contribution is 2.34. The van der Waals surface area contributed by atoms with Crippen molar-refractivity contribution in [2.24, 2.45) is 4.99 Å². The summed E-state index contributed by atoms with van der Waals surface area (Å²) in [7, 11) is 1.14. The number of rotatable bonds is 6. The van der Waals surface area contributed by atoms with E-state index in [9.17, 15) is 13.2 Å². The molecule has 1 aromatic carbocycles. The number of aliphatic imine (C=N–C) groups is 1. The zero-order chi connectivity index (χ0) is 20.0. The summed E-state index contributed by atoms with van der Waals surface area (Å²) in [6, 6.07) is 10.2. The Kier molecular flexibility index (Phi) is 6.39. The monoisotopic (exact) mass is 375 g/mol. The number of benzene rings is 1. The second-order valence-corrected chi connectivity index (χ2v) is 5.78.